The highest BCUT2D eigenvalue weighted by Crippen LogP contribution is 2.25. The summed E-state index contributed by atoms with van der Waals surface area (Å²) in [5, 5.41) is 33.1. The third-order valence-corrected chi connectivity index (χ3v) is 8.23. The fourth-order valence-corrected chi connectivity index (χ4v) is 5.90. The molecule has 0 radical (unpaired) electrons. The molecular formula is C28H37N9O5. The number of aliphatic carboxylic acids is 1. The van der Waals surface area contributed by atoms with Crippen LogP contribution in [0.25, 0.3) is 10.9 Å². The van der Waals surface area contributed by atoms with Crippen LogP contribution >= 0.6 is 0 Å². The van der Waals surface area contributed by atoms with Crippen molar-refractivity contribution in [2.24, 2.45) is 11.8 Å². The molecule has 2 unspecified atom stereocenters. The molecular weight excluding hydrogens is 542 g/mol. The van der Waals surface area contributed by atoms with Gasteiger partial charge in [-0.05, 0) is 56.3 Å². The first-order valence-electron chi connectivity index (χ1n) is 14.5. The number of aromatic amines is 2. The Bertz CT molecular complexity index is 1390. The van der Waals surface area contributed by atoms with Crippen molar-refractivity contribution in [3.05, 3.63) is 41.9 Å². The summed E-state index contributed by atoms with van der Waals surface area (Å²) in [7, 11) is 0. The van der Waals surface area contributed by atoms with Crippen LogP contribution in [0.15, 0.2) is 30.5 Å². The summed E-state index contributed by atoms with van der Waals surface area (Å²) in [5.74, 6) is -2.21. The van der Waals surface area contributed by atoms with Gasteiger partial charge in [-0.2, -0.15) is 5.21 Å². The zero-order valence-electron chi connectivity index (χ0n) is 23.3. The van der Waals surface area contributed by atoms with Gasteiger partial charge in [-0.15, -0.1) is 10.2 Å². The largest absolute Gasteiger partial charge is 0.481 e. The number of aromatic nitrogens is 5. The van der Waals surface area contributed by atoms with E-state index in [0.717, 1.165) is 48.8 Å². The van der Waals surface area contributed by atoms with E-state index < -0.39 is 42.2 Å². The molecule has 2 fully saturated rings. The van der Waals surface area contributed by atoms with Crippen LogP contribution in [0.4, 0.5) is 0 Å². The molecule has 0 bridgehead atoms. The quantitative estimate of drug-likeness (QED) is 0.168. The number of H-pyrrole nitrogens is 2. The number of nitrogens with zero attached hydrogens (tertiary/aromatic N) is 4. The standard InChI is InChI=1S/C28H37N9O5/c38-24(14-18-8-12-37(28(18)42)11-7-17-5-9-29-10-6-17)31-23(15-25(39)40)27(41)32-22(26-33-35-36-34-26)13-19-16-30-21-4-2-1-3-20(19)21/h1-4,16-18,22-23,29-30H,5-15H2,(H,31,38)(H,32,41)(H,39,40)(H,33,34,35,36)/t18?,22-,23?/m1/s1. The summed E-state index contributed by atoms with van der Waals surface area (Å²) in [5.41, 5.74) is 1.82. The van der Waals surface area contributed by atoms with Crippen molar-refractivity contribution in [1.82, 2.24) is 46.5 Å². The summed E-state index contributed by atoms with van der Waals surface area (Å²) >= 11 is 0. The van der Waals surface area contributed by atoms with Crippen molar-refractivity contribution in [2.45, 2.75) is 57.0 Å². The van der Waals surface area contributed by atoms with Gasteiger partial charge in [-0.1, -0.05) is 23.4 Å². The molecule has 3 atom stereocenters. The number of fused-ring (bicyclic) bond motifs is 1. The van der Waals surface area contributed by atoms with Gasteiger partial charge >= 0.3 is 5.97 Å². The van der Waals surface area contributed by atoms with Crippen molar-refractivity contribution in [1.29, 1.82) is 0 Å². The second-order valence-electron chi connectivity index (χ2n) is 11.1. The molecule has 1 aromatic carbocycles. The van der Waals surface area contributed by atoms with E-state index in [0.29, 0.717) is 31.8 Å². The first-order valence-corrected chi connectivity index (χ1v) is 14.5. The highest BCUT2D eigenvalue weighted by Gasteiger charge is 2.35. The highest BCUT2D eigenvalue weighted by molar-refractivity contribution is 5.93. The highest BCUT2D eigenvalue weighted by atomic mass is 16.4. The normalized spacial score (nSPS) is 19.1. The number of carbonyl (C=O) groups excluding carboxylic acids is 3. The fourth-order valence-electron chi connectivity index (χ4n) is 5.90. The molecule has 224 valence electrons. The van der Waals surface area contributed by atoms with Gasteiger partial charge in [0.15, 0.2) is 5.82 Å². The summed E-state index contributed by atoms with van der Waals surface area (Å²) < 4.78 is 0. The van der Waals surface area contributed by atoms with Crippen molar-refractivity contribution >= 4 is 34.6 Å². The zero-order chi connectivity index (χ0) is 29.5. The molecule has 14 heteroatoms. The van der Waals surface area contributed by atoms with Crippen LogP contribution in [-0.2, 0) is 25.6 Å². The van der Waals surface area contributed by atoms with Crippen molar-refractivity contribution < 1.29 is 24.3 Å². The second kappa shape index (κ2) is 13.6. The number of piperidine rings is 1. The predicted octanol–water partition coefficient (Wildman–Crippen LogP) is 0.669. The Morgan fingerprint density at radius 1 is 1.12 bits per heavy atom. The van der Waals surface area contributed by atoms with Crippen molar-refractivity contribution in [3.8, 4) is 0 Å². The van der Waals surface area contributed by atoms with E-state index in [9.17, 15) is 24.3 Å². The second-order valence-corrected chi connectivity index (χ2v) is 11.1. The van der Waals surface area contributed by atoms with Crippen LogP contribution in [0.2, 0.25) is 0 Å². The minimum atomic E-state index is -1.35. The van der Waals surface area contributed by atoms with E-state index in [-0.39, 0.29) is 18.2 Å². The van der Waals surface area contributed by atoms with E-state index in [1.165, 1.54) is 0 Å². The molecule has 3 amide bonds. The number of carboxylic acid groups (broad SMARTS) is 1. The number of tetrazole rings is 1. The number of hydrogen-bond acceptors (Lipinski definition) is 8. The maximum atomic E-state index is 13.3. The Morgan fingerprint density at radius 3 is 2.69 bits per heavy atom. The Kier molecular flexibility index (Phi) is 9.41. The van der Waals surface area contributed by atoms with Gasteiger partial charge in [-0.25, -0.2) is 0 Å². The molecule has 2 aliphatic heterocycles. The van der Waals surface area contributed by atoms with Crippen molar-refractivity contribution in [2.75, 3.05) is 26.2 Å². The molecule has 3 aromatic rings. The number of benzene rings is 1. The van der Waals surface area contributed by atoms with E-state index >= 15 is 0 Å². The minimum absolute atomic E-state index is 0.0609. The number of carbonyl (C=O) groups is 4. The smallest absolute Gasteiger partial charge is 0.305 e. The Hall–Kier alpha value is -4.33. The third kappa shape index (κ3) is 7.29. The summed E-state index contributed by atoms with van der Waals surface area (Å²) in [6.07, 6.45) is 5.13. The average Bonchev–Trinajstić information content (AvgIpc) is 3.73. The number of nitrogens with one attached hydrogen (secondary N) is 5. The maximum Gasteiger partial charge on any atom is 0.305 e. The molecule has 2 saturated heterocycles. The lowest BCUT2D eigenvalue weighted by Gasteiger charge is -2.25. The van der Waals surface area contributed by atoms with Crippen LogP contribution in [-0.4, -0.2) is 91.5 Å². The molecule has 2 aliphatic rings. The van der Waals surface area contributed by atoms with Gasteiger partial charge < -0.3 is 30.9 Å². The molecule has 0 aliphatic carbocycles. The van der Waals surface area contributed by atoms with E-state index in [4.69, 9.17) is 0 Å². The maximum absolute atomic E-state index is 13.3. The van der Waals surface area contributed by atoms with Crippen LogP contribution in [0.1, 0.15) is 56.0 Å². The molecule has 4 heterocycles. The van der Waals surface area contributed by atoms with Crippen LogP contribution in [0, 0.1) is 11.8 Å². The van der Waals surface area contributed by atoms with Crippen LogP contribution in [0.3, 0.4) is 0 Å². The molecule has 2 aromatic heterocycles. The molecule has 6 N–H and O–H groups in total. The lowest BCUT2D eigenvalue weighted by Crippen LogP contribution is -2.49. The predicted molar refractivity (Wildman–Crippen MR) is 151 cm³/mol. The number of hydrogen-bond donors (Lipinski definition) is 6. The van der Waals surface area contributed by atoms with Gasteiger partial charge in [0.25, 0.3) is 0 Å². The Balaban J connectivity index is 1.19. The molecule has 0 spiro atoms. The van der Waals surface area contributed by atoms with Gasteiger partial charge in [-0.3, -0.25) is 19.2 Å². The molecule has 42 heavy (non-hydrogen) atoms. The van der Waals surface area contributed by atoms with E-state index in [1.807, 2.05) is 35.4 Å². The Morgan fingerprint density at radius 2 is 1.93 bits per heavy atom. The summed E-state index contributed by atoms with van der Waals surface area (Å²) in [6.45, 7) is 3.29. The fraction of sp³-hybridized carbons (Fsp3) is 0.536. The number of likely N-dealkylation sites (tertiary alicyclic amines) is 1. The summed E-state index contributed by atoms with van der Waals surface area (Å²) in [4.78, 5) is 55.9. The number of carboxylic acids is 1. The van der Waals surface area contributed by atoms with Gasteiger partial charge in [0.1, 0.15) is 6.04 Å². The number of amides is 3. The first kappa shape index (κ1) is 29.2. The van der Waals surface area contributed by atoms with E-state index in [2.05, 4.69) is 41.6 Å². The van der Waals surface area contributed by atoms with Gasteiger partial charge in [0.2, 0.25) is 17.7 Å². The van der Waals surface area contributed by atoms with E-state index in [1.54, 1.807) is 0 Å². The first-order chi connectivity index (χ1) is 20.4. The third-order valence-electron chi connectivity index (χ3n) is 8.23. The number of para-hydroxylation sites is 1. The molecule has 14 nitrogen and oxygen atoms in total. The molecule has 5 rings (SSSR count). The Labute approximate surface area is 242 Å². The SMILES string of the molecule is O=C(O)CC(NC(=O)CC1CCN(CCC2CCNCC2)C1=O)C(=O)N[C@H](Cc1c[nH]c2ccccc12)c1nn[nH]n1. The lowest BCUT2D eigenvalue weighted by molar-refractivity contribution is -0.141. The topological polar surface area (TPSA) is 198 Å². The lowest BCUT2D eigenvalue weighted by atomic mass is 9.94. The number of rotatable bonds is 13. The minimum Gasteiger partial charge on any atom is -0.481 e. The monoisotopic (exact) mass is 579 g/mol. The zero-order valence-corrected chi connectivity index (χ0v) is 23.3. The molecule has 0 saturated carbocycles. The van der Waals surface area contributed by atoms with Crippen LogP contribution in [0.5, 0.6) is 0 Å². The van der Waals surface area contributed by atoms with Crippen LogP contribution < -0.4 is 16.0 Å². The summed E-state index contributed by atoms with van der Waals surface area (Å²) in [6, 6.07) is 5.60. The van der Waals surface area contributed by atoms with Gasteiger partial charge in [0.05, 0.1) is 12.5 Å². The van der Waals surface area contributed by atoms with Gasteiger partial charge in [0, 0.05) is 48.9 Å². The van der Waals surface area contributed by atoms with Crippen molar-refractivity contribution in [3.63, 3.8) is 0 Å². The average molecular weight is 580 g/mol.